The maximum atomic E-state index is 11.8. The van der Waals surface area contributed by atoms with Gasteiger partial charge in [0.2, 0.25) is 5.95 Å². The van der Waals surface area contributed by atoms with E-state index in [4.69, 9.17) is 5.26 Å². The summed E-state index contributed by atoms with van der Waals surface area (Å²) in [5.74, 6) is 0.931. The maximum Gasteiger partial charge on any atom is 0.229 e. The fraction of sp³-hybridized carbons (Fsp3) is 0.312. The molecule has 1 aromatic carbocycles. The Kier molecular flexibility index (Phi) is 4.36. The van der Waals surface area contributed by atoms with Crippen molar-refractivity contribution in [2.75, 3.05) is 16.4 Å². The summed E-state index contributed by atoms with van der Waals surface area (Å²) in [5, 5.41) is 15.3. The van der Waals surface area contributed by atoms with Gasteiger partial charge in [0.15, 0.2) is 9.84 Å². The van der Waals surface area contributed by atoms with E-state index >= 15 is 0 Å². The van der Waals surface area contributed by atoms with E-state index in [9.17, 15) is 8.42 Å². The minimum absolute atomic E-state index is 0.0642. The van der Waals surface area contributed by atoms with E-state index in [1.54, 1.807) is 31.2 Å². The molecule has 0 radical (unpaired) electrons. The van der Waals surface area contributed by atoms with Gasteiger partial charge in [-0.1, -0.05) is 6.92 Å². The van der Waals surface area contributed by atoms with Crippen LogP contribution < -0.4 is 10.6 Å². The summed E-state index contributed by atoms with van der Waals surface area (Å²) in [6.45, 7) is 1.61. The predicted octanol–water partition coefficient (Wildman–Crippen LogP) is 2.46. The maximum absolute atomic E-state index is 11.8. The summed E-state index contributed by atoms with van der Waals surface area (Å²) >= 11 is 0. The highest BCUT2D eigenvalue weighted by Crippen LogP contribution is 2.26. The van der Waals surface area contributed by atoms with Crippen LogP contribution in [0.5, 0.6) is 0 Å². The zero-order valence-corrected chi connectivity index (χ0v) is 14.0. The number of aromatic nitrogens is 2. The molecule has 2 N–H and O–H groups in total. The molecule has 3 rings (SSSR count). The van der Waals surface area contributed by atoms with Crippen LogP contribution in [-0.4, -0.2) is 30.2 Å². The predicted molar refractivity (Wildman–Crippen MR) is 90.8 cm³/mol. The zero-order valence-electron chi connectivity index (χ0n) is 13.2. The number of nitrogens with zero attached hydrogens (tertiary/aromatic N) is 3. The fourth-order valence-corrected chi connectivity index (χ4v) is 2.98. The van der Waals surface area contributed by atoms with Crippen LogP contribution >= 0.6 is 0 Å². The monoisotopic (exact) mass is 343 g/mol. The number of nitrogens with one attached hydrogen (secondary N) is 2. The minimum Gasteiger partial charge on any atom is -0.366 e. The molecule has 1 aliphatic rings. The van der Waals surface area contributed by atoms with E-state index in [0.29, 0.717) is 29.1 Å². The first-order valence-electron chi connectivity index (χ1n) is 7.65. The van der Waals surface area contributed by atoms with Gasteiger partial charge in [-0.25, -0.2) is 13.4 Å². The molecule has 124 valence electrons. The minimum atomic E-state index is -3.22. The lowest BCUT2D eigenvalue weighted by atomic mass is 10.3. The van der Waals surface area contributed by atoms with Gasteiger partial charge in [0, 0.05) is 11.7 Å². The van der Waals surface area contributed by atoms with Gasteiger partial charge in [0.05, 0.1) is 16.8 Å². The number of sulfone groups is 1. The fourth-order valence-electron chi connectivity index (χ4n) is 2.10. The highest BCUT2D eigenvalue weighted by Gasteiger charge is 2.23. The van der Waals surface area contributed by atoms with Crippen molar-refractivity contribution in [3.63, 3.8) is 0 Å². The summed E-state index contributed by atoms with van der Waals surface area (Å²) in [7, 11) is -3.22. The molecule has 1 heterocycles. The molecular formula is C16H17N5O2S. The van der Waals surface area contributed by atoms with Crippen molar-refractivity contribution in [2.45, 2.75) is 30.7 Å². The Morgan fingerprint density at radius 2 is 2.00 bits per heavy atom. The number of hydrogen-bond acceptors (Lipinski definition) is 7. The van der Waals surface area contributed by atoms with Gasteiger partial charge in [-0.15, -0.1) is 0 Å². The standard InChI is InChI=1S/C16H17N5O2S/c1-2-24(22,23)14-7-5-13(6-8-14)20-16-18-10-11(9-17)15(21-16)19-12-3-4-12/h5-8,10,12H,2-4H2,1H3,(H2,18,19,20,21). The Morgan fingerprint density at radius 3 is 2.58 bits per heavy atom. The van der Waals surface area contributed by atoms with Crippen molar-refractivity contribution in [3.05, 3.63) is 36.0 Å². The Labute approximate surface area is 140 Å². The van der Waals surface area contributed by atoms with Crippen LogP contribution in [0.2, 0.25) is 0 Å². The van der Waals surface area contributed by atoms with Crippen molar-refractivity contribution in [3.8, 4) is 6.07 Å². The molecule has 24 heavy (non-hydrogen) atoms. The second kappa shape index (κ2) is 6.45. The van der Waals surface area contributed by atoms with Crippen molar-refractivity contribution in [2.24, 2.45) is 0 Å². The number of anilines is 3. The molecule has 0 saturated heterocycles. The number of nitriles is 1. The molecule has 0 unspecified atom stereocenters. The molecule has 0 atom stereocenters. The van der Waals surface area contributed by atoms with Crippen molar-refractivity contribution < 1.29 is 8.42 Å². The molecule has 2 aromatic rings. The lowest BCUT2D eigenvalue weighted by molar-refractivity contribution is 0.597. The smallest absolute Gasteiger partial charge is 0.229 e. The molecule has 1 aromatic heterocycles. The van der Waals surface area contributed by atoms with Crippen molar-refractivity contribution in [1.82, 2.24) is 9.97 Å². The Balaban J connectivity index is 1.79. The van der Waals surface area contributed by atoms with E-state index in [1.165, 1.54) is 6.20 Å². The third kappa shape index (κ3) is 3.63. The van der Waals surface area contributed by atoms with E-state index in [0.717, 1.165) is 12.8 Å². The summed E-state index contributed by atoms with van der Waals surface area (Å²) in [5.41, 5.74) is 1.07. The van der Waals surface area contributed by atoms with Crippen molar-refractivity contribution in [1.29, 1.82) is 5.26 Å². The summed E-state index contributed by atoms with van der Waals surface area (Å²) in [4.78, 5) is 8.73. The molecule has 0 bridgehead atoms. The van der Waals surface area contributed by atoms with Crippen LogP contribution in [0.1, 0.15) is 25.3 Å². The van der Waals surface area contributed by atoms with Crippen LogP contribution in [0, 0.1) is 11.3 Å². The molecule has 8 heteroatoms. The van der Waals surface area contributed by atoms with Gasteiger partial charge in [-0.3, -0.25) is 0 Å². The SMILES string of the molecule is CCS(=O)(=O)c1ccc(Nc2ncc(C#N)c(NC3CC3)n2)cc1. The lowest BCUT2D eigenvalue weighted by Gasteiger charge is -2.09. The molecule has 7 nitrogen and oxygen atoms in total. The third-order valence-electron chi connectivity index (χ3n) is 3.68. The number of rotatable bonds is 6. The molecule has 1 saturated carbocycles. The average molecular weight is 343 g/mol. The summed E-state index contributed by atoms with van der Waals surface area (Å²) in [6.07, 6.45) is 3.62. The van der Waals surface area contributed by atoms with E-state index < -0.39 is 9.84 Å². The average Bonchev–Trinajstić information content (AvgIpc) is 3.40. The molecule has 0 aliphatic heterocycles. The second-order valence-electron chi connectivity index (χ2n) is 5.54. The van der Waals surface area contributed by atoms with Crippen LogP contribution in [0.15, 0.2) is 35.4 Å². The highest BCUT2D eigenvalue weighted by atomic mass is 32.2. The first kappa shape index (κ1) is 16.2. The first-order chi connectivity index (χ1) is 11.5. The topological polar surface area (TPSA) is 108 Å². The summed E-state index contributed by atoms with van der Waals surface area (Å²) < 4.78 is 23.6. The first-order valence-corrected chi connectivity index (χ1v) is 9.30. The lowest BCUT2D eigenvalue weighted by Crippen LogP contribution is -2.08. The number of benzene rings is 1. The van der Waals surface area contributed by atoms with Crippen molar-refractivity contribution >= 4 is 27.3 Å². The van der Waals surface area contributed by atoms with E-state index in [2.05, 4.69) is 26.7 Å². The zero-order chi connectivity index (χ0) is 17.2. The largest absolute Gasteiger partial charge is 0.366 e. The quantitative estimate of drug-likeness (QED) is 0.829. The van der Waals surface area contributed by atoms with Crippen LogP contribution in [0.25, 0.3) is 0 Å². The van der Waals surface area contributed by atoms with E-state index in [1.807, 2.05) is 0 Å². The molecule has 1 aliphatic carbocycles. The third-order valence-corrected chi connectivity index (χ3v) is 5.43. The summed E-state index contributed by atoms with van der Waals surface area (Å²) in [6, 6.07) is 8.87. The van der Waals surface area contributed by atoms with Gasteiger partial charge < -0.3 is 10.6 Å². The highest BCUT2D eigenvalue weighted by molar-refractivity contribution is 7.91. The molecule has 0 amide bonds. The van der Waals surface area contributed by atoms with Crippen LogP contribution in [0.3, 0.4) is 0 Å². The normalized spacial score (nSPS) is 14.0. The van der Waals surface area contributed by atoms with Crippen LogP contribution in [0.4, 0.5) is 17.5 Å². The van der Waals surface area contributed by atoms with E-state index in [-0.39, 0.29) is 10.6 Å². The molecular weight excluding hydrogens is 326 g/mol. The second-order valence-corrected chi connectivity index (χ2v) is 7.82. The van der Waals surface area contributed by atoms with Gasteiger partial charge >= 0.3 is 0 Å². The van der Waals surface area contributed by atoms with Gasteiger partial charge in [-0.2, -0.15) is 10.2 Å². The van der Waals surface area contributed by atoms with Gasteiger partial charge in [0.25, 0.3) is 0 Å². The number of hydrogen-bond donors (Lipinski definition) is 2. The van der Waals surface area contributed by atoms with Gasteiger partial charge in [-0.05, 0) is 37.1 Å². The van der Waals surface area contributed by atoms with Gasteiger partial charge in [0.1, 0.15) is 17.5 Å². The van der Waals surface area contributed by atoms with Crippen LogP contribution in [-0.2, 0) is 9.84 Å². The molecule has 1 fully saturated rings. The Morgan fingerprint density at radius 1 is 1.29 bits per heavy atom. The Hall–Kier alpha value is -2.66. The molecule has 0 spiro atoms. The Bertz CT molecular complexity index is 884.